The second-order valence-electron chi connectivity index (χ2n) is 7.81. The molecule has 0 unspecified atom stereocenters. The number of rotatable bonds is 4. The van der Waals surface area contributed by atoms with Crippen molar-refractivity contribution < 1.29 is 4.79 Å². The van der Waals surface area contributed by atoms with E-state index in [1.165, 1.54) is 0 Å². The van der Waals surface area contributed by atoms with Crippen LogP contribution in [0.15, 0.2) is 49.1 Å². The quantitative estimate of drug-likeness (QED) is 0.568. The van der Waals surface area contributed by atoms with Crippen LogP contribution < -0.4 is 0 Å². The third-order valence-electron chi connectivity index (χ3n) is 5.81. The number of amides is 1. The van der Waals surface area contributed by atoms with Crippen molar-refractivity contribution in [3.05, 3.63) is 60.4 Å². The molecule has 1 aliphatic heterocycles. The number of H-pyrrole nitrogens is 1. The topological polar surface area (TPSA) is 92.6 Å². The molecule has 0 aliphatic carbocycles. The van der Waals surface area contributed by atoms with E-state index in [1.54, 1.807) is 12.4 Å². The number of para-hydroxylation sites is 1. The molecule has 152 valence electrons. The summed E-state index contributed by atoms with van der Waals surface area (Å²) in [6.07, 6.45) is 10.0. The Hall–Kier alpha value is -3.55. The lowest BCUT2D eigenvalue weighted by Gasteiger charge is -2.31. The first-order valence-corrected chi connectivity index (χ1v) is 10.2. The lowest BCUT2D eigenvalue weighted by Crippen LogP contribution is -2.39. The Labute approximate surface area is 174 Å². The van der Waals surface area contributed by atoms with Gasteiger partial charge in [0, 0.05) is 44.1 Å². The zero-order valence-corrected chi connectivity index (χ0v) is 16.8. The number of carbonyl (C=O) groups excluding carboxylic acids is 1. The maximum Gasteiger partial charge on any atom is 0.274 e. The highest BCUT2D eigenvalue weighted by molar-refractivity contribution is 6.04. The first kappa shape index (κ1) is 18.5. The third kappa shape index (κ3) is 3.45. The first-order valence-electron chi connectivity index (χ1n) is 10.2. The monoisotopic (exact) mass is 401 g/mol. The molecule has 30 heavy (non-hydrogen) atoms. The van der Waals surface area contributed by atoms with Gasteiger partial charge in [-0.15, -0.1) is 0 Å². The van der Waals surface area contributed by atoms with Crippen LogP contribution in [0, 0.1) is 5.92 Å². The fraction of sp³-hybridized carbons (Fsp3) is 0.318. The standard InChI is InChI=1S/C22H23N7O/c1-28-11-8-24-21(28)19-14-23-13-16(25-19)12-15-6-9-29(10-7-15)22(30)20-17-4-2-3-5-18(17)26-27-20/h2-5,8,11,13-15H,6-7,9-10,12H2,1H3,(H,26,27). The molecule has 1 fully saturated rings. The summed E-state index contributed by atoms with van der Waals surface area (Å²) in [4.78, 5) is 28.3. The highest BCUT2D eigenvalue weighted by Crippen LogP contribution is 2.24. The SMILES string of the molecule is Cn1ccnc1-c1cncc(CC2CCN(C(=O)c3n[nH]c4ccccc34)CC2)n1. The summed E-state index contributed by atoms with van der Waals surface area (Å²) in [5.41, 5.74) is 3.16. The van der Waals surface area contributed by atoms with Crippen molar-refractivity contribution in [2.24, 2.45) is 13.0 Å². The number of hydrogen-bond donors (Lipinski definition) is 1. The molecule has 0 atom stereocenters. The zero-order valence-electron chi connectivity index (χ0n) is 16.8. The molecule has 8 nitrogen and oxygen atoms in total. The van der Waals surface area contributed by atoms with E-state index in [9.17, 15) is 4.79 Å². The molecule has 8 heteroatoms. The summed E-state index contributed by atoms with van der Waals surface area (Å²) in [5.74, 6) is 1.30. The predicted octanol–water partition coefficient (Wildman–Crippen LogP) is 2.85. The molecule has 0 saturated carbocycles. The minimum absolute atomic E-state index is 0.00229. The minimum Gasteiger partial charge on any atom is -0.337 e. The van der Waals surface area contributed by atoms with Gasteiger partial charge in [0.05, 0.1) is 17.4 Å². The minimum atomic E-state index is 0.00229. The van der Waals surface area contributed by atoms with Crippen LogP contribution in [0.25, 0.3) is 22.4 Å². The van der Waals surface area contributed by atoms with Crippen molar-refractivity contribution in [1.82, 2.24) is 34.6 Å². The second kappa shape index (κ2) is 7.70. The van der Waals surface area contributed by atoms with Gasteiger partial charge in [-0.3, -0.25) is 14.9 Å². The van der Waals surface area contributed by atoms with Gasteiger partial charge in [-0.1, -0.05) is 18.2 Å². The summed E-state index contributed by atoms with van der Waals surface area (Å²) in [7, 11) is 1.95. The number of fused-ring (bicyclic) bond motifs is 1. The molecule has 1 N–H and O–H groups in total. The molecular formula is C22H23N7O. The van der Waals surface area contributed by atoms with Crippen LogP contribution in [0.5, 0.6) is 0 Å². The number of likely N-dealkylation sites (tertiary alicyclic amines) is 1. The van der Waals surface area contributed by atoms with E-state index < -0.39 is 0 Å². The van der Waals surface area contributed by atoms with Crippen molar-refractivity contribution in [1.29, 1.82) is 0 Å². The molecule has 3 aromatic heterocycles. The average Bonchev–Trinajstić information content (AvgIpc) is 3.40. The number of nitrogens with one attached hydrogen (secondary N) is 1. The molecule has 1 saturated heterocycles. The van der Waals surface area contributed by atoms with E-state index in [0.717, 1.165) is 60.5 Å². The Bertz CT molecular complexity index is 1190. The summed E-state index contributed by atoms with van der Waals surface area (Å²) in [6.45, 7) is 1.47. The van der Waals surface area contributed by atoms with Crippen molar-refractivity contribution in [2.45, 2.75) is 19.3 Å². The van der Waals surface area contributed by atoms with Crippen LogP contribution in [-0.2, 0) is 13.5 Å². The van der Waals surface area contributed by atoms with Crippen LogP contribution in [0.1, 0.15) is 29.0 Å². The van der Waals surface area contributed by atoms with Gasteiger partial charge in [-0.25, -0.2) is 9.97 Å². The van der Waals surface area contributed by atoms with Crippen molar-refractivity contribution >= 4 is 16.8 Å². The molecular weight excluding hydrogens is 378 g/mol. The lowest BCUT2D eigenvalue weighted by molar-refractivity contribution is 0.0686. The number of nitrogens with zero attached hydrogens (tertiary/aromatic N) is 6. The van der Waals surface area contributed by atoms with E-state index in [1.807, 2.05) is 53.2 Å². The van der Waals surface area contributed by atoms with Crippen LogP contribution in [0.2, 0.25) is 0 Å². The Balaban J connectivity index is 1.23. The predicted molar refractivity (Wildman–Crippen MR) is 113 cm³/mol. The van der Waals surface area contributed by atoms with Crippen molar-refractivity contribution in [2.75, 3.05) is 13.1 Å². The molecule has 0 spiro atoms. The third-order valence-corrected chi connectivity index (χ3v) is 5.81. The number of aromatic nitrogens is 6. The normalized spacial score (nSPS) is 15.0. The summed E-state index contributed by atoms with van der Waals surface area (Å²) >= 11 is 0. The van der Waals surface area contributed by atoms with Gasteiger partial charge in [0.1, 0.15) is 5.69 Å². The van der Waals surface area contributed by atoms with Gasteiger partial charge in [-0.2, -0.15) is 5.10 Å². The molecule has 1 amide bonds. The summed E-state index contributed by atoms with van der Waals surface area (Å²) in [5, 5.41) is 8.09. The molecule has 1 aliphatic rings. The fourth-order valence-electron chi connectivity index (χ4n) is 4.14. The number of carbonyl (C=O) groups is 1. The number of benzene rings is 1. The molecule has 1 aromatic carbocycles. The molecule has 5 rings (SSSR count). The highest BCUT2D eigenvalue weighted by Gasteiger charge is 2.26. The van der Waals surface area contributed by atoms with Crippen LogP contribution in [0.4, 0.5) is 0 Å². The maximum absolute atomic E-state index is 13.0. The zero-order chi connectivity index (χ0) is 20.5. The second-order valence-corrected chi connectivity index (χ2v) is 7.81. The van der Waals surface area contributed by atoms with Gasteiger partial charge in [0.2, 0.25) is 0 Å². The summed E-state index contributed by atoms with van der Waals surface area (Å²) in [6, 6.07) is 7.74. The number of aryl methyl sites for hydroxylation is 1. The number of hydrogen-bond acceptors (Lipinski definition) is 5. The Morgan fingerprint density at radius 2 is 2.03 bits per heavy atom. The van der Waals surface area contributed by atoms with Crippen molar-refractivity contribution in [3.63, 3.8) is 0 Å². The van der Waals surface area contributed by atoms with E-state index in [4.69, 9.17) is 4.98 Å². The van der Waals surface area contributed by atoms with Crippen LogP contribution in [0.3, 0.4) is 0 Å². The van der Waals surface area contributed by atoms with E-state index >= 15 is 0 Å². The molecule has 0 radical (unpaired) electrons. The van der Waals surface area contributed by atoms with Crippen LogP contribution in [-0.4, -0.2) is 53.6 Å². The number of imidazole rings is 1. The number of piperidine rings is 1. The molecule has 4 aromatic rings. The maximum atomic E-state index is 13.0. The molecule has 4 heterocycles. The number of aromatic amines is 1. The van der Waals surface area contributed by atoms with Crippen molar-refractivity contribution in [3.8, 4) is 11.5 Å². The van der Waals surface area contributed by atoms with Gasteiger partial charge in [-0.05, 0) is 31.2 Å². The van der Waals surface area contributed by atoms with Gasteiger partial charge < -0.3 is 9.47 Å². The Morgan fingerprint density at radius 1 is 1.20 bits per heavy atom. The lowest BCUT2D eigenvalue weighted by atomic mass is 9.92. The van der Waals surface area contributed by atoms with E-state index in [-0.39, 0.29) is 5.91 Å². The largest absolute Gasteiger partial charge is 0.337 e. The van der Waals surface area contributed by atoms with Gasteiger partial charge in [0.25, 0.3) is 5.91 Å². The highest BCUT2D eigenvalue weighted by atomic mass is 16.2. The van der Waals surface area contributed by atoms with E-state index in [2.05, 4.69) is 20.2 Å². The smallest absolute Gasteiger partial charge is 0.274 e. The molecule has 0 bridgehead atoms. The van der Waals surface area contributed by atoms with Crippen LogP contribution >= 0.6 is 0 Å². The average molecular weight is 401 g/mol. The Morgan fingerprint density at radius 3 is 2.83 bits per heavy atom. The van der Waals surface area contributed by atoms with Gasteiger partial charge >= 0.3 is 0 Å². The first-order chi connectivity index (χ1) is 14.7. The fourth-order valence-corrected chi connectivity index (χ4v) is 4.14. The van der Waals surface area contributed by atoms with E-state index in [0.29, 0.717) is 11.6 Å². The Kier molecular flexibility index (Phi) is 4.74. The van der Waals surface area contributed by atoms with Gasteiger partial charge in [0.15, 0.2) is 11.5 Å². The summed E-state index contributed by atoms with van der Waals surface area (Å²) < 4.78 is 1.94.